The molecule has 10 N–H and O–H groups in total. The van der Waals surface area contributed by atoms with Crippen molar-refractivity contribution in [2.75, 3.05) is 19.8 Å². The quantitative estimate of drug-likeness (QED) is 0.133. The zero-order valence-electron chi connectivity index (χ0n) is 36.1. The standard InChI is InChI=1S/C44H70O18/c1-18-7-12-44(55-17-18)19(2)28-25(62-44)14-24-22-6-5-20-13-21(8-10-42(20,3)23(22)9-11-43(24,28)4)56-41-37(60-40-34(52)31(49)32(50)38(54)61-40)35(53)36(27(16-46)58-41)59-39-33(51)30(48)29(47)26(15-45)57-39/h5,18-19,21-41,45-54H,6-17H2,1-4H3/t18-,19+,21?,22-,23+,24+,25?,26-,27?,28-,29+,30?,31?,32-,33?,34?,35?,36-,37?,38?,39+,40-,41-,42+,43+,44-/m1/s1. The smallest absolute Gasteiger partial charge is 0.189 e. The monoisotopic (exact) mass is 886 g/mol. The average Bonchev–Trinajstić information content (AvgIpc) is 3.70. The van der Waals surface area contributed by atoms with Crippen LogP contribution in [0, 0.1) is 46.3 Å². The summed E-state index contributed by atoms with van der Waals surface area (Å²) in [5, 5.41) is 105. The maximum absolute atomic E-state index is 11.9. The Balaban J connectivity index is 0.917. The molecule has 9 aliphatic rings. The fourth-order valence-electron chi connectivity index (χ4n) is 13.8. The highest BCUT2D eigenvalue weighted by molar-refractivity contribution is 5.26. The maximum atomic E-state index is 11.9. The Hall–Kier alpha value is -0.980. The number of aliphatic hydroxyl groups excluding tert-OH is 10. The van der Waals surface area contributed by atoms with Crippen molar-refractivity contribution in [1.82, 2.24) is 0 Å². The molecule has 3 saturated carbocycles. The highest BCUT2D eigenvalue weighted by Crippen LogP contribution is 2.70. The van der Waals surface area contributed by atoms with E-state index in [0.717, 1.165) is 51.6 Å². The lowest BCUT2D eigenvalue weighted by Crippen LogP contribution is -2.67. The summed E-state index contributed by atoms with van der Waals surface area (Å²) in [5.74, 6) is 2.46. The third kappa shape index (κ3) is 7.48. The van der Waals surface area contributed by atoms with Gasteiger partial charge in [0.2, 0.25) is 0 Å². The van der Waals surface area contributed by atoms with E-state index < -0.39 is 117 Å². The molecule has 354 valence electrons. The Morgan fingerprint density at radius 1 is 0.677 bits per heavy atom. The molecule has 5 saturated heterocycles. The van der Waals surface area contributed by atoms with Gasteiger partial charge in [-0.1, -0.05) is 39.3 Å². The molecule has 8 fully saturated rings. The third-order valence-corrected chi connectivity index (χ3v) is 17.4. The van der Waals surface area contributed by atoms with Crippen LogP contribution in [0.1, 0.15) is 85.5 Å². The summed E-state index contributed by atoms with van der Waals surface area (Å²) in [6, 6.07) is 0. The summed E-state index contributed by atoms with van der Waals surface area (Å²) >= 11 is 0. The van der Waals surface area contributed by atoms with Gasteiger partial charge < -0.3 is 89.0 Å². The molecule has 4 aliphatic carbocycles. The van der Waals surface area contributed by atoms with Gasteiger partial charge in [-0.3, -0.25) is 0 Å². The normalized spacial score (nSPS) is 57.6. The van der Waals surface area contributed by atoms with Crippen molar-refractivity contribution in [1.29, 1.82) is 0 Å². The van der Waals surface area contributed by atoms with Crippen molar-refractivity contribution in [2.45, 2.75) is 196 Å². The van der Waals surface area contributed by atoms with E-state index in [0.29, 0.717) is 48.3 Å². The fraction of sp³-hybridized carbons (Fsp3) is 0.955. The zero-order valence-corrected chi connectivity index (χ0v) is 36.1. The Kier molecular flexibility index (Phi) is 12.9. The Bertz CT molecular complexity index is 1610. The summed E-state index contributed by atoms with van der Waals surface area (Å²) in [7, 11) is 0. The molecule has 10 unspecified atom stereocenters. The zero-order chi connectivity index (χ0) is 44.2. The molecule has 62 heavy (non-hydrogen) atoms. The van der Waals surface area contributed by atoms with Crippen LogP contribution in [0.4, 0.5) is 0 Å². The van der Waals surface area contributed by atoms with Crippen molar-refractivity contribution < 1.29 is 89.0 Å². The van der Waals surface area contributed by atoms with Gasteiger partial charge in [-0.05, 0) is 91.8 Å². The summed E-state index contributed by atoms with van der Waals surface area (Å²) < 4.78 is 49.1. The predicted molar refractivity (Wildman–Crippen MR) is 211 cm³/mol. The molecule has 18 heteroatoms. The number of aliphatic hydroxyl groups is 10. The molecular weight excluding hydrogens is 816 g/mol. The van der Waals surface area contributed by atoms with Gasteiger partial charge in [0.05, 0.1) is 32.0 Å². The minimum Gasteiger partial charge on any atom is -0.394 e. The van der Waals surface area contributed by atoms with E-state index in [2.05, 4.69) is 33.8 Å². The molecule has 0 radical (unpaired) electrons. The van der Waals surface area contributed by atoms with Crippen LogP contribution in [0.2, 0.25) is 0 Å². The van der Waals surface area contributed by atoms with Crippen LogP contribution in [-0.2, 0) is 37.9 Å². The fourth-order valence-corrected chi connectivity index (χ4v) is 13.8. The minimum absolute atomic E-state index is 0.0634. The van der Waals surface area contributed by atoms with Crippen molar-refractivity contribution >= 4 is 0 Å². The van der Waals surface area contributed by atoms with Crippen molar-refractivity contribution in [3.8, 4) is 0 Å². The number of rotatable bonds is 8. The van der Waals surface area contributed by atoms with Gasteiger partial charge >= 0.3 is 0 Å². The van der Waals surface area contributed by atoms with Crippen molar-refractivity contribution in [3.05, 3.63) is 11.6 Å². The summed E-state index contributed by atoms with van der Waals surface area (Å²) in [6.45, 7) is 8.81. The molecule has 0 aromatic carbocycles. The number of ether oxygens (including phenoxy) is 8. The molecule has 0 amide bonds. The Morgan fingerprint density at radius 3 is 2.05 bits per heavy atom. The second-order valence-corrected chi connectivity index (χ2v) is 20.8. The highest BCUT2D eigenvalue weighted by Gasteiger charge is 2.69. The van der Waals surface area contributed by atoms with E-state index in [1.807, 2.05) is 0 Å². The highest BCUT2D eigenvalue weighted by atomic mass is 16.8. The van der Waals surface area contributed by atoms with Crippen LogP contribution >= 0.6 is 0 Å². The molecule has 0 aromatic rings. The van der Waals surface area contributed by atoms with Gasteiger partial charge in [0.1, 0.15) is 67.1 Å². The van der Waals surface area contributed by atoms with Gasteiger partial charge in [-0.25, -0.2) is 0 Å². The first-order chi connectivity index (χ1) is 29.4. The van der Waals surface area contributed by atoms with Crippen molar-refractivity contribution in [3.63, 3.8) is 0 Å². The van der Waals surface area contributed by atoms with Crippen molar-refractivity contribution in [2.24, 2.45) is 46.3 Å². The van der Waals surface area contributed by atoms with E-state index in [4.69, 9.17) is 37.9 Å². The van der Waals surface area contributed by atoms with Gasteiger partial charge in [-0.2, -0.15) is 0 Å². The lowest BCUT2D eigenvalue weighted by molar-refractivity contribution is -0.400. The molecular formula is C44H70O18. The number of allylic oxidation sites excluding steroid dienone is 1. The molecule has 18 nitrogen and oxygen atoms in total. The first-order valence-electron chi connectivity index (χ1n) is 23.0. The van der Waals surface area contributed by atoms with Gasteiger partial charge in [0.15, 0.2) is 30.9 Å². The molecule has 5 heterocycles. The van der Waals surface area contributed by atoms with E-state index >= 15 is 0 Å². The van der Waals surface area contributed by atoms with Gasteiger partial charge in [-0.15, -0.1) is 0 Å². The lowest BCUT2D eigenvalue weighted by Gasteiger charge is -2.58. The second-order valence-electron chi connectivity index (χ2n) is 20.8. The van der Waals surface area contributed by atoms with E-state index in [1.54, 1.807) is 0 Å². The Morgan fingerprint density at radius 2 is 1.35 bits per heavy atom. The maximum Gasteiger partial charge on any atom is 0.189 e. The third-order valence-electron chi connectivity index (χ3n) is 17.4. The van der Waals surface area contributed by atoms with E-state index in [-0.39, 0.29) is 16.9 Å². The van der Waals surface area contributed by atoms with Gasteiger partial charge in [0.25, 0.3) is 0 Å². The SMILES string of the molecule is C[C@@H]1CC[C@@]2(OC1)OC1C[C@H]3[C@@H]4CC=C5CC(O[C@@H]6OC(CO)[C@@H](O[C@@H]7O[C@H](CO)[C@H](O)C(O)C7O)C(O)C6O[C@@H]6OC(O)[C@H](O)C(O)C6O)CC[C@]5(C)[C@H]4CC[C@]3(C)[C@@H]1[C@@H]2C. The topological polar surface area (TPSA) is 276 Å². The first-order valence-corrected chi connectivity index (χ1v) is 23.0. The van der Waals surface area contributed by atoms with Crippen LogP contribution in [0.5, 0.6) is 0 Å². The summed E-state index contributed by atoms with van der Waals surface area (Å²) in [6.07, 6.45) is -15.0. The molecule has 1 spiro atoms. The molecule has 0 bridgehead atoms. The van der Waals surface area contributed by atoms with Crippen LogP contribution in [0.15, 0.2) is 11.6 Å². The lowest BCUT2D eigenvalue weighted by atomic mass is 9.47. The minimum atomic E-state index is -1.97. The second kappa shape index (κ2) is 17.3. The molecule has 5 aliphatic heterocycles. The van der Waals surface area contributed by atoms with Crippen LogP contribution in [-0.4, -0.2) is 181 Å². The van der Waals surface area contributed by atoms with E-state index in [1.165, 1.54) is 5.57 Å². The average molecular weight is 887 g/mol. The Labute approximate surface area is 362 Å². The summed E-state index contributed by atoms with van der Waals surface area (Å²) in [5.41, 5.74) is 1.41. The van der Waals surface area contributed by atoms with Gasteiger partial charge in [0, 0.05) is 12.3 Å². The predicted octanol–water partition coefficient (Wildman–Crippen LogP) is -0.856. The number of hydrogen-bond donors (Lipinski definition) is 10. The van der Waals surface area contributed by atoms with E-state index in [9.17, 15) is 51.1 Å². The number of fused-ring (bicyclic) bond motifs is 7. The van der Waals surface area contributed by atoms with Crippen LogP contribution in [0.3, 0.4) is 0 Å². The first kappa shape index (κ1) is 46.1. The largest absolute Gasteiger partial charge is 0.394 e. The van der Waals surface area contributed by atoms with Crippen LogP contribution in [0.25, 0.3) is 0 Å². The number of hydrogen-bond acceptors (Lipinski definition) is 18. The molecule has 26 atom stereocenters. The molecule has 9 rings (SSSR count). The van der Waals surface area contributed by atoms with Crippen LogP contribution < -0.4 is 0 Å². The molecule has 0 aromatic heterocycles. The summed E-state index contributed by atoms with van der Waals surface area (Å²) in [4.78, 5) is 0.